The molecular formula is C11H15NO3S. The highest BCUT2D eigenvalue weighted by atomic mass is 32.1. The van der Waals surface area contributed by atoms with Gasteiger partial charge in [-0.3, -0.25) is 0 Å². The van der Waals surface area contributed by atoms with Crippen LogP contribution in [0.3, 0.4) is 0 Å². The first kappa shape index (κ1) is 11.5. The number of nitrogens with zero attached hydrogens (tertiary/aromatic N) is 1. The molecule has 0 N–H and O–H groups in total. The van der Waals surface area contributed by atoms with Crippen molar-refractivity contribution in [1.29, 1.82) is 0 Å². The van der Waals surface area contributed by atoms with E-state index >= 15 is 0 Å². The lowest BCUT2D eigenvalue weighted by atomic mass is 10.1. The lowest BCUT2D eigenvalue weighted by Gasteiger charge is -2.21. The number of hydrogen-bond donors (Lipinski definition) is 0. The maximum atomic E-state index is 11.2. The Kier molecular flexibility index (Phi) is 3.90. The van der Waals surface area contributed by atoms with E-state index in [0.717, 1.165) is 30.9 Å². The molecule has 1 unspecified atom stereocenters. The second-order valence-corrected chi connectivity index (χ2v) is 4.75. The standard InChI is InChI=1S/C11H15NO3S/c1-14-11(13)9-7-16-10(12-9)6-8-4-2-3-5-15-8/h7-8H,2-6H2,1H3. The van der Waals surface area contributed by atoms with E-state index in [1.807, 2.05) is 0 Å². The molecule has 0 aliphatic carbocycles. The molecule has 88 valence electrons. The number of esters is 1. The van der Waals surface area contributed by atoms with Crippen LogP contribution in [0.5, 0.6) is 0 Å². The van der Waals surface area contributed by atoms with E-state index in [2.05, 4.69) is 9.72 Å². The molecule has 1 fully saturated rings. The zero-order chi connectivity index (χ0) is 11.4. The van der Waals surface area contributed by atoms with Crippen molar-refractivity contribution in [2.24, 2.45) is 0 Å². The number of rotatable bonds is 3. The predicted molar refractivity (Wildman–Crippen MR) is 60.7 cm³/mol. The van der Waals surface area contributed by atoms with Gasteiger partial charge in [0.15, 0.2) is 5.69 Å². The molecule has 1 atom stereocenters. The lowest BCUT2D eigenvalue weighted by Crippen LogP contribution is -2.21. The zero-order valence-corrected chi connectivity index (χ0v) is 10.1. The fourth-order valence-corrected chi connectivity index (χ4v) is 2.60. The molecule has 1 saturated heterocycles. The minimum absolute atomic E-state index is 0.269. The number of hydrogen-bond acceptors (Lipinski definition) is 5. The van der Waals surface area contributed by atoms with Crippen molar-refractivity contribution in [3.05, 3.63) is 16.1 Å². The van der Waals surface area contributed by atoms with Gasteiger partial charge in [-0.2, -0.15) is 0 Å². The molecule has 4 nitrogen and oxygen atoms in total. The van der Waals surface area contributed by atoms with Crippen LogP contribution in [0, 0.1) is 0 Å². The van der Waals surface area contributed by atoms with Crippen LogP contribution >= 0.6 is 11.3 Å². The fraction of sp³-hybridized carbons (Fsp3) is 0.636. The Morgan fingerprint density at radius 1 is 1.69 bits per heavy atom. The lowest BCUT2D eigenvalue weighted by molar-refractivity contribution is 0.0167. The topological polar surface area (TPSA) is 48.4 Å². The Morgan fingerprint density at radius 3 is 3.25 bits per heavy atom. The summed E-state index contributed by atoms with van der Waals surface area (Å²) in [4.78, 5) is 15.4. The second kappa shape index (κ2) is 5.41. The summed E-state index contributed by atoms with van der Waals surface area (Å²) < 4.78 is 10.2. The first-order chi connectivity index (χ1) is 7.79. The average molecular weight is 241 g/mol. The first-order valence-corrected chi connectivity index (χ1v) is 6.32. The third-order valence-electron chi connectivity index (χ3n) is 2.62. The number of carbonyl (C=O) groups is 1. The van der Waals surface area contributed by atoms with Crippen molar-refractivity contribution in [2.45, 2.75) is 31.8 Å². The van der Waals surface area contributed by atoms with Crippen LogP contribution in [-0.4, -0.2) is 30.8 Å². The third-order valence-corrected chi connectivity index (χ3v) is 3.49. The Balaban J connectivity index is 1.94. The number of methoxy groups -OCH3 is 1. The highest BCUT2D eigenvalue weighted by Gasteiger charge is 2.17. The van der Waals surface area contributed by atoms with Crippen LogP contribution in [-0.2, 0) is 15.9 Å². The largest absolute Gasteiger partial charge is 0.464 e. The molecule has 2 heterocycles. The van der Waals surface area contributed by atoms with E-state index in [4.69, 9.17) is 4.74 Å². The van der Waals surface area contributed by atoms with Gasteiger partial charge in [-0.05, 0) is 19.3 Å². The maximum absolute atomic E-state index is 11.2. The van der Waals surface area contributed by atoms with Crippen LogP contribution in [0.4, 0.5) is 0 Å². The van der Waals surface area contributed by atoms with E-state index in [1.165, 1.54) is 24.9 Å². The molecule has 0 aromatic carbocycles. The zero-order valence-electron chi connectivity index (χ0n) is 9.27. The Labute approximate surface area is 98.6 Å². The molecule has 0 spiro atoms. The van der Waals surface area contributed by atoms with E-state index in [9.17, 15) is 4.79 Å². The molecule has 0 radical (unpaired) electrons. The SMILES string of the molecule is COC(=O)c1csc(CC2CCCCO2)n1. The van der Waals surface area contributed by atoms with Gasteiger partial charge >= 0.3 is 5.97 Å². The van der Waals surface area contributed by atoms with E-state index < -0.39 is 0 Å². The van der Waals surface area contributed by atoms with Gasteiger partial charge in [0, 0.05) is 18.4 Å². The van der Waals surface area contributed by atoms with Crippen molar-refractivity contribution in [3.8, 4) is 0 Å². The molecule has 1 aromatic rings. The van der Waals surface area contributed by atoms with Crippen molar-refractivity contribution >= 4 is 17.3 Å². The predicted octanol–water partition coefficient (Wildman–Crippen LogP) is 2.04. The van der Waals surface area contributed by atoms with Crippen molar-refractivity contribution in [3.63, 3.8) is 0 Å². The van der Waals surface area contributed by atoms with Crippen LogP contribution in [0.1, 0.15) is 34.8 Å². The van der Waals surface area contributed by atoms with Gasteiger partial charge in [0.1, 0.15) is 0 Å². The van der Waals surface area contributed by atoms with Gasteiger partial charge in [-0.25, -0.2) is 9.78 Å². The molecule has 0 bridgehead atoms. The van der Waals surface area contributed by atoms with Crippen LogP contribution < -0.4 is 0 Å². The van der Waals surface area contributed by atoms with E-state index in [0.29, 0.717) is 5.69 Å². The normalized spacial score (nSPS) is 20.7. The number of carbonyl (C=O) groups excluding carboxylic acids is 1. The highest BCUT2D eigenvalue weighted by molar-refractivity contribution is 7.09. The summed E-state index contributed by atoms with van der Waals surface area (Å²) in [6.07, 6.45) is 4.54. The highest BCUT2D eigenvalue weighted by Crippen LogP contribution is 2.19. The van der Waals surface area contributed by atoms with Crippen molar-refractivity contribution in [2.75, 3.05) is 13.7 Å². The number of aromatic nitrogens is 1. The minimum atomic E-state index is -0.368. The molecule has 2 rings (SSSR count). The molecule has 1 aliphatic rings. The van der Waals surface area contributed by atoms with E-state index in [-0.39, 0.29) is 12.1 Å². The van der Waals surface area contributed by atoms with Gasteiger partial charge < -0.3 is 9.47 Å². The van der Waals surface area contributed by atoms with Crippen LogP contribution in [0.15, 0.2) is 5.38 Å². The molecular weight excluding hydrogens is 226 g/mol. The van der Waals surface area contributed by atoms with Gasteiger partial charge in [0.2, 0.25) is 0 Å². The summed E-state index contributed by atoms with van der Waals surface area (Å²) in [7, 11) is 1.37. The Morgan fingerprint density at radius 2 is 2.56 bits per heavy atom. The molecule has 1 aliphatic heterocycles. The molecule has 5 heteroatoms. The monoisotopic (exact) mass is 241 g/mol. The minimum Gasteiger partial charge on any atom is -0.464 e. The van der Waals surface area contributed by atoms with Crippen molar-refractivity contribution < 1.29 is 14.3 Å². The van der Waals surface area contributed by atoms with Gasteiger partial charge in [0.25, 0.3) is 0 Å². The van der Waals surface area contributed by atoms with Gasteiger partial charge in [-0.15, -0.1) is 11.3 Å². The second-order valence-electron chi connectivity index (χ2n) is 3.81. The maximum Gasteiger partial charge on any atom is 0.357 e. The molecule has 1 aromatic heterocycles. The van der Waals surface area contributed by atoms with E-state index in [1.54, 1.807) is 5.38 Å². The van der Waals surface area contributed by atoms with Gasteiger partial charge in [-0.1, -0.05) is 0 Å². The number of ether oxygens (including phenoxy) is 2. The average Bonchev–Trinajstić information content (AvgIpc) is 2.78. The summed E-state index contributed by atoms with van der Waals surface area (Å²) in [5.74, 6) is -0.368. The first-order valence-electron chi connectivity index (χ1n) is 5.44. The van der Waals surface area contributed by atoms with Crippen molar-refractivity contribution in [1.82, 2.24) is 4.98 Å². The fourth-order valence-electron chi connectivity index (χ4n) is 1.77. The third kappa shape index (κ3) is 2.80. The number of thiazole rings is 1. The summed E-state index contributed by atoms with van der Waals surface area (Å²) in [6.45, 7) is 0.847. The van der Waals surface area contributed by atoms with Gasteiger partial charge in [0.05, 0.1) is 18.2 Å². The molecule has 16 heavy (non-hydrogen) atoms. The van der Waals surface area contributed by atoms with Crippen LogP contribution in [0.25, 0.3) is 0 Å². The summed E-state index contributed by atoms with van der Waals surface area (Å²) in [5, 5.41) is 2.69. The Bertz CT molecular complexity index is 358. The smallest absolute Gasteiger partial charge is 0.357 e. The quantitative estimate of drug-likeness (QED) is 0.760. The summed E-state index contributed by atoms with van der Waals surface area (Å²) in [5.41, 5.74) is 0.401. The summed E-state index contributed by atoms with van der Waals surface area (Å²) >= 11 is 1.49. The molecule has 0 amide bonds. The summed E-state index contributed by atoms with van der Waals surface area (Å²) in [6, 6.07) is 0. The van der Waals surface area contributed by atoms with Crippen LogP contribution in [0.2, 0.25) is 0 Å². The Hall–Kier alpha value is -0.940. The molecule has 0 saturated carbocycles.